The maximum Gasteiger partial charge on any atom is 0.289 e. The fourth-order valence-electron chi connectivity index (χ4n) is 2.24. The first kappa shape index (κ1) is 14.9. The van der Waals surface area contributed by atoms with Crippen molar-refractivity contribution in [1.29, 1.82) is 0 Å². The molecule has 1 aliphatic heterocycles. The Balaban J connectivity index is 2.56. The molecular weight excluding hydrogens is 282 g/mol. The molecule has 1 aliphatic rings. The summed E-state index contributed by atoms with van der Waals surface area (Å²) in [6.07, 6.45) is 0.567. The fraction of sp³-hybridized carbons (Fsp3) is 0.500. The number of benzene rings is 1. The second kappa shape index (κ2) is 5.12. The predicted octanol–water partition coefficient (Wildman–Crippen LogP) is 0.933. The SMILES string of the molecule is Cc1cc([N+](=O)[O-])c(S(=O)(=O)N2CCC(N)C2)cc1C. The van der Waals surface area contributed by atoms with Crippen LogP contribution in [0.2, 0.25) is 0 Å². The number of nitrogens with two attached hydrogens (primary N) is 1. The van der Waals surface area contributed by atoms with Crippen LogP contribution >= 0.6 is 0 Å². The molecule has 0 aromatic heterocycles. The van der Waals surface area contributed by atoms with Crippen LogP contribution in [-0.4, -0.2) is 36.8 Å². The van der Waals surface area contributed by atoms with Gasteiger partial charge in [0.25, 0.3) is 5.69 Å². The molecule has 8 heteroatoms. The third kappa shape index (κ3) is 2.54. The van der Waals surface area contributed by atoms with Crippen molar-refractivity contribution in [3.8, 4) is 0 Å². The number of hydrogen-bond acceptors (Lipinski definition) is 5. The molecule has 0 saturated carbocycles. The second-order valence-corrected chi connectivity index (χ2v) is 6.98. The summed E-state index contributed by atoms with van der Waals surface area (Å²) >= 11 is 0. The smallest absolute Gasteiger partial charge is 0.289 e. The standard InChI is InChI=1S/C12H17N3O4S/c1-8-5-11(15(16)17)12(6-9(8)2)20(18,19)14-4-3-10(13)7-14/h5-6,10H,3-4,7,13H2,1-2H3. The summed E-state index contributed by atoms with van der Waals surface area (Å²) in [4.78, 5) is 10.2. The number of hydrogen-bond donors (Lipinski definition) is 1. The lowest BCUT2D eigenvalue weighted by molar-refractivity contribution is -0.387. The van der Waals surface area contributed by atoms with Crippen LogP contribution in [0.1, 0.15) is 17.5 Å². The van der Waals surface area contributed by atoms with Gasteiger partial charge in [0.05, 0.1) is 4.92 Å². The van der Waals surface area contributed by atoms with Gasteiger partial charge < -0.3 is 5.73 Å². The lowest BCUT2D eigenvalue weighted by Gasteiger charge is -2.16. The summed E-state index contributed by atoms with van der Waals surface area (Å²) in [6, 6.07) is 2.46. The fourth-order valence-corrected chi connectivity index (χ4v) is 3.97. The van der Waals surface area contributed by atoms with Gasteiger partial charge in [-0.25, -0.2) is 8.42 Å². The van der Waals surface area contributed by atoms with Gasteiger partial charge in [-0.3, -0.25) is 10.1 Å². The van der Waals surface area contributed by atoms with Crippen LogP contribution in [0.5, 0.6) is 0 Å². The molecule has 1 fully saturated rings. The van der Waals surface area contributed by atoms with E-state index in [1.54, 1.807) is 13.8 Å². The van der Waals surface area contributed by atoms with E-state index in [0.717, 1.165) is 0 Å². The lowest BCUT2D eigenvalue weighted by atomic mass is 10.1. The Hall–Kier alpha value is -1.51. The molecule has 2 N–H and O–H groups in total. The molecule has 1 unspecified atom stereocenters. The van der Waals surface area contributed by atoms with E-state index in [-0.39, 0.29) is 23.2 Å². The molecule has 1 saturated heterocycles. The molecule has 0 amide bonds. The summed E-state index contributed by atoms with van der Waals surface area (Å²) in [5.74, 6) is 0. The quantitative estimate of drug-likeness (QED) is 0.660. The van der Waals surface area contributed by atoms with Gasteiger partial charge in [0.2, 0.25) is 10.0 Å². The van der Waals surface area contributed by atoms with E-state index in [1.807, 2.05) is 0 Å². The average Bonchev–Trinajstić information content (AvgIpc) is 2.79. The van der Waals surface area contributed by atoms with Crippen LogP contribution in [0.3, 0.4) is 0 Å². The highest BCUT2D eigenvalue weighted by Gasteiger charge is 2.35. The topological polar surface area (TPSA) is 107 Å². The van der Waals surface area contributed by atoms with Crippen LogP contribution in [-0.2, 0) is 10.0 Å². The molecule has 0 radical (unpaired) electrons. The highest BCUT2D eigenvalue weighted by molar-refractivity contribution is 7.89. The average molecular weight is 299 g/mol. The highest BCUT2D eigenvalue weighted by atomic mass is 32.2. The van der Waals surface area contributed by atoms with E-state index in [9.17, 15) is 18.5 Å². The predicted molar refractivity (Wildman–Crippen MR) is 73.9 cm³/mol. The summed E-state index contributed by atoms with van der Waals surface area (Å²) in [6.45, 7) is 3.94. The first-order chi connectivity index (χ1) is 9.23. The molecule has 1 atom stereocenters. The van der Waals surface area contributed by atoms with E-state index in [1.165, 1.54) is 16.4 Å². The Morgan fingerprint density at radius 1 is 1.35 bits per heavy atom. The minimum atomic E-state index is -3.87. The molecule has 1 aromatic rings. The lowest BCUT2D eigenvalue weighted by Crippen LogP contribution is -2.32. The first-order valence-electron chi connectivity index (χ1n) is 6.25. The third-order valence-electron chi connectivity index (χ3n) is 3.58. The van der Waals surface area contributed by atoms with Crippen molar-refractivity contribution in [2.24, 2.45) is 5.73 Å². The summed E-state index contributed by atoms with van der Waals surface area (Å²) in [5.41, 5.74) is 6.73. The van der Waals surface area contributed by atoms with Crippen LogP contribution in [0.15, 0.2) is 17.0 Å². The minimum Gasteiger partial charge on any atom is -0.326 e. The largest absolute Gasteiger partial charge is 0.326 e. The molecule has 110 valence electrons. The zero-order valence-corrected chi connectivity index (χ0v) is 12.2. The van der Waals surface area contributed by atoms with E-state index in [2.05, 4.69) is 0 Å². The molecule has 1 heterocycles. The molecule has 0 spiro atoms. The summed E-state index contributed by atoms with van der Waals surface area (Å²) in [5, 5.41) is 11.1. The molecule has 0 aliphatic carbocycles. The summed E-state index contributed by atoms with van der Waals surface area (Å²) < 4.78 is 26.3. The number of sulfonamides is 1. The number of nitro benzene ring substituents is 1. The van der Waals surface area contributed by atoms with Gasteiger partial charge >= 0.3 is 0 Å². The maximum atomic E-state index is 12.5. The number of rotatable bonds is 3. The van der Waals surface area contributed by atoms with Crippen LogP contribution < -0.4 is 5.73 Å². The van der Waals surface area contributed by atoms with Gasteiger partial charge in [0.1, 0.15) is 0 Å². The van der Waals surface area contributed by atoms with Crippen molar-refractivity contribution in [3.63, 3.8) is 0 Å². The highest BCUT2D eigenvalue weighted by Crippen LogP contribution is 2.31. The van der Waals surface area contributed by atoms with Gasteiger partial charge in [-0.1, -0.05) is 0 Å². The number of aryl methyl sites for hydroxylation is 2. The number of nitro groups is 1. The maximum absolute atomic E-state index is 12.5. The van der Waals surface area contributed by atoms with E-state index in [4.69, 9.17) is 5.73 Å². The van der Waals surface area contributed by atoms with Gasteiger partial charge in [-0.2, -0.15) is 4.31 Å². The van der Waals surface area contributed by atoms with E-state index < -0.39 is 14.9 Å². The Kier molecular flexibility index (Phi) is 3.81. The van der Waals surface area contributed by atoms with Gasteiger partial charge in [0.15, 0.2) is 4.90 Å². The van der Waals surface area contributed by atoms with Crippen molar-refractivity contribution in [3.05, 3.63) is 33.4 Å². The van der Waals surface area contributed by atoms with Crippen LogP contribution in [0.4, 0.5) is 5.69 Å². The van der Waals surface area contributed by atoms with Crippen molar-refractivity contribution < 1.29 is 13.3 Å². The molecule has 2 rings (SSSR count). The zero-order chi connectivity index (χ0) is 15.1. The Morgan fingerprint density at radius 2 is 1.95 bits per heavy atom. The van der Waals surface area contributed by atoms with Crippen LogP contribution in [0, 0.1) is 24.0 Å². The molecular formula is C12H17N3O4S. The normalized spacial score (nSPS) is 20.2. The van der Waals surface area contributed by atoms with E-state index >= 15 is 0 Å². The third-order valence-corrected chi connectivity index (χ3v) is 5.47. The van der Waals surface area contributed by atoms with Gasteiger partial charge in [-0.15, -0.1) is 0 Å². The Labute approximate surface area is 117 Å². The summed E-state index contributed by atoms with van der Waals surface area (Å²) in [7, 11) is -3.87. The molecule has 1 aromatic carbocycles. The van der Waals surface area contributed by atoms with Crippen molar-refractivity contribution in [2.75, 3.05) is 13.1 Å². The molecule has 0 bridgehead atoms. The molecule has 7 nitrogen and oxygen atoms in total. The Morgan fingerprint density at radius 3 is 2.45 bits per heavy atom. The molecule has 20 heavy (non-hydrogen) atoms. The van der Waals surface area contributed by atoms with Crippen molar-refractivity contribution in [2.45, 2.75) is 31.2 Å². The Bertz CT molecular complexity index is 657. The van der Waals surface area contributed by atoms with Gasteiger partial charge in [-0.05, 0) is 37.5 Å². The zero-order valence-electron chi connectivity index (χ0n) is 11.4. The van der Waals surface area contributed by atoms with E-state index in [0.29, 0.717) is 24.1 Å². The minimum absolute atomic E-state index is 0.201. The second-order valence-electron chi connectivity index (χ2n) is 5.07. The van der Waals surface area contributed by atoms with Crippen LogP contribution in [0.25, 0.3) is 0 Å². The van der Waals surface area contributed by atoms with Crippen molar-refractivity contribution >= 4 is 15.7 Å². The number of nitrogens with zero attached hydrogens (tertiary/aromatic N) is 2. The van der Waals surface area contributed by atoms with Crippen molar-refractivity contribution in [1.82, 2.24) is 4.31 Å². The monoisotopic (exact) mass is 299 g/mol. The van der Waals surface area contributed by atoms with Gasteiger partial charge in [0, 0.05) is 25.2 Å². The first-order valence-corrected chi connectivity index (χ1v) is 7.69.